The van der Waals surface area contributed by atoms with Crippen molar-refractivity contribution in [1.29, 1.82) is 0 Å². The predicted molar refractivity (Wildman–Crippen MR) is 128 cm³/mol. The van der Waals surface area contributed by atoms with E-state index in [1.165, 1.54) is 77.0 Å². The second-order valence-electron chi connectivity index (χ2n) is 9.28. The lowest BCUT2D eigenvalue weighted by atomic mass is 10.0. The zero-order valence-electron chi connectivity index (χ0n) is 20.2. The molecule has 2 amide bonds. The van der Waals surface area contributed by atoms with Crippen molar-refractivity contribution in [3.8, 4) is 0 Å². The van der Waals surface area contributed by atoms with Gasteiger partial charge in [-0.3, -0.25) is 9.59 Å². The molecule has 4 nitrogen and oxygen atoms in total. The third-order valence-electron chi connectivity index (χ3n) is 6.48. The molecule has 0 radical (unpaired) electrons. The number of amides is 2. The lowest BCUT2D eigenvalue weighted by Crippen LogP contribution is -2.49. The van der Waals surface area contributed by atoms with Crippen LogP contribution in [0.5, 0.6) is 0 Å². The van der Waals surface area contributed by atoms with E-state index in [-0.39, 0.29) is 11.9 Å². The maximum Gasteiger partial charge on any atom is 0.222 e. The molecule has 0 aromatic carbocycles. The summed E-state index contributed by atoms with van der Waals surface area (Å²) >= 11 is 0. The normalized spacial score (nSPS) is 16.6. The maximum absolute atomic E-state index is 12.7. The van der Waals surface area contributed by atoms with E-state index < -0.39 is 0 Å². The van der Waals surface area contributed by atoms with E-state index in [1.54, 1.807) is 0 Å². The Kier molecular flexibility index (Phi) is 16.8. The van der Waals surface area contributed by atoms with Crippen LogP contribution in [0.2, 0.25) is 0 Å². The number of unbranched alkanes of at least 4 members (excludes halogenated alkanes) is 12. The van der Waals surface area contributed by atoms with Gasteiger partial charge in [0.15, 0.2) is 0 Å². The highest BCUT2D eigenvalue weighted by molar-refractivity contribution is 5.77. The molecular weight excluding hydrogens is 372 g/mol. The molecule has 0 aliphatic carbocycles. The second-order valence-corrected chi connectivity index (χ2v) is 9.28. The topological polar surface area (TPSA) is 49.4 Å². The zero-order chi connectivity index (χ0) is 21.9. The third kappa shape index (κ3) is 13.3. The van der Waals surface area contributed by atoms with Gasteiger partial charge in [0.25, 0.3) is 0 Å². The fraction of sp³-hybridized carbons (Fsp3) is 0.923. The van der Waals surface area contributed by atoms with Crippen molar-refractivity contribution in [2.24, 2.45) is 0 Å². The molecule has 176 valence electrons. The van der Waals surface area contributed by atoms with E-state index >= 15 is 0 Å². The highest BCUT2D eigenvalue weighted by Crippen LogP contribution is 2.19. The van der Waals surface area contributed by atoms with Crippen LogP contribution in [-0.2, 0) is 9.59 Å². The molecule has 1 heterocycles. The van der Waals surface area contributed by atoms with E-state index in [9.17, 15) is 9.59 Å². The van der Waals surface area contributed by atoms with Gasteiger partial charge in [0, 0.05) is 32.0 Å². The van der Waals surface area contributed by atoms with Gasteiger partial charge < -0.3 is 10.2 Å². The lowest BCUT2D eigenvalue weighted by Gasteiger charge is -2.36. The van der Waals surface area contributed by atoms with Gasteiger partial charge in [-0.2, -0.15) is 0 Å². The highest BCUT2D eigenvalue weighted by Gasteiger charge is 2.26. The molecule has 0 spiro atoms. The van der Waals surface area contributed by atoms with E-state index in [0.717, 1.165) is 38.6 Å². The Balaban J connectivity index is 2.16. The molecule has 1 atom stereocenters. The van der Waals surface area contributed by atoms with Crippen LogP contribution in [0.15, 0.2) is 0 Å². The minimum Gasteiger partial charge on any atom is -0.354 e. The van der Waals surface area contributed by atoms with E-state index in [1.807, 2.05) is 0 Å². The first-order valence-electron chi connectivity index (χ1n) is 13.2. The van der Waals surface area contributed by atoms with Gasteiger partial charge in [0.1, 0.15) is 0 Å². The Morgan fingerprint density at radius 1 is 0.733 bits per heavy atom. The Bertz CT molecular complexity index is 439. The molecule has 1 aliphatic heterocycles. The second kappa shape index (κ2) is 18.7. The largest absolute Gasteiger partial charge is 0.354 e. The summed E-state index contributed by atoms with van der Waals surface area (Å²) in [6.45, 7) is 5.98. The monoisotopic (exact) mass is 422 g/mol. The Morgan fingerprint density at radius 2 is 1.27 bits per heavy atom. The van der Waals surface area contributed by atoms with Gasteiger partial charge in [-0.15, -0.1) is 0 Å². The summed E-state index contributed by atoms with van der Waals surface area (Å²) in [6.07, 6.45) is 21.9. The van der Waals surface area contributed by atoms with E-state index in [4.69, 9.17) is 0 Å². The van der Waals surface area contributed by atoms with Gasteiger partial charge >= 0.3 is 0 Å². The molecule has 1 N–H and O–H groups in total. The van der Waals surface area contributed by atoms with Crippen LogP contribution in [-0.4, -0.2) is 35.8 Å². The summed E-state index contributed by atoms with van der Waals surface area (Å²) in [5.74, 6) is 0.461. The fourth-order valence-corrected chi connectivity index (χ4v) is 4.48. The zero-order valence-corrected chi connectivity index (χ0v) is 20.2. The molecule has 4 heteroatoms. The van der Waals surface area contributed by atoms with Gasteiger partial charge in [-0.25, -0.2) is 0 Å². The average Bonchev–Trinajstić information content (AvgIpc) is 2.76. The quantitative estimate of drug-likeness (QED) is 0.248. The summed E-state index contributed by atoms with van der Waals surface area (Å²) in [6, 6.07) is 0.203. The maximum atomic E-state index is 12.7. The van der Waals surface area contributed by atoms with Gasteiger partial charge in [0.2, 0.25) is 11.8 Å². The third-order valence-corrected chi connectivity index (χ3v) is 6.48. The molecule has 1 fully saturated rings. The van der Waals surface area contributed by atoms with Crippen molar-refractivity contribution in [3.63, 3.8) is 0 Å². The molecule has 1 unspecified atom stereocenters. The smallest absolute Gasteiger partial charge is 0.222 e. The molecule has 1 saturated heterocycles. The first-order valence-corrected chi connectivity index (χ1v) is 13.2. The minimum absolute atomic E-state index is 0.161. The van der Waals surface area contributed by atoms with Crippen molar-refractivity contribution >= 4 is 11.8 Å². The lowest BCUT2D eigenvalue weighted by molar-refractivity contribution is -0.135. The van der Waals surface area contributed by atoms with E-state index in [2.05, 4.69) is 24.1 Å². The van der Waals surface area contributed by atoms with Crippen LogP contribution >= 0.6 is 0 Å². The van der Waals surface area contributed by atoms with Gasteiger partial charge in [-0.1, -0.05) is 90.9 Å². The summed E-state index contributed by atoms with van der Waals surface area (Å²) in [7, 11) is 0. The molecule has 1 rings (SSSR count). The molecule has 0 saturated carbocycles. The average molecular weight is 423 g/mol. The van der Waals surface area contributed by atoms with Crippen molar-refractivity contribution in [3.05, 3.63) is 0 Å². The molecule has 0 bridgehead atoms. The standard InChI is InChI=1S/C26H50N2O2/c1-3-5-7-9-11-13-15-20-25(29)27-23-24-19-17-18-22-28(24)26(30)21-16-14-12-10-8-6-4-2/h24H,3-23H2,1-2H3,(H,27,29). The highest BCUT2D eigenvalue weighted by atomic mass is 16.2. The predicted octanol–water partition coefficient (Wildman–Crippen LogP) is 6.77. The fourth-order valence-electron chi connectivity index (χ4n) is 4.48. The summed E-state index contributed by atoms with van der Waals surface area (Å²) in [5, 5.41) is 3.11. The molecule has 0 aromatic heterocycles. The Labute approximate surface area is 186 Å². The van der Waals surface area contributed by atoms with Gasteiger partial charge in [0.05, 0.1) is 0 Å². The summed E-state index contributed by atoms with van der Waals surface area (Å²) in [4.78, 5) is 27.0. The number of likely N-dealkylation sites (tertiary alicyclic amines) is 1. The molecule has 0 aromatic rings. The minimum atomic E-state index is 0.161. The Morgan fingerprint density at radius 3 is 1.87 bits per heavy atom. The molecule has 1 aliphatic rings. The first kappa shape index (κ1) is 27.0. The van der Waals surface area contributed by atoms with Crippen LogP contribution < -0.4 is 5.32 Å². The van der Waals surface area contributed by atoms with Crippen LogP contribution in [0.4, 0.5) is 0 Å². The summed E-state index contributed by atoms with van der Waals surface area (Å²) in [5.41, 5.74) is 0. The number of piperidine rings is 1. The van der Waals surface area contributed by atoms with E-state index in [0.29, 0.717) is 25.3 Å². The number of rotatable bonds is 18. The van der Waals surface area contributed by atoms with Crippen molar-refractivity contribution < 1.29 is 9.59 Å². The number of hydrogen-bond donors (Lipinski definition) is 1. The van der Waals surface area contributed by atoms with Crippen LogP contribution in [0, 0.1) is 0 Å². The van der Waals surface area contributed by atoms with Crippen LogP contribution in [0.3, 0.4) is 0 Å². The van der Waals surface area contributed by atoms with Crippen LogP contribution in [0.1, 0.15) is 136 Å². The SMILES string of the molecule is CCCCCCCCCC(=O)NCC1CCCCN1C(=O)CCCCCCCCC. The number of nitrogens with one attached hydrogen (secondary N) is 1. The molecule has 30 heavy (non-hydrogen) atoms. The number of nitrogens with zero attached hydrogens (tertiary/aromatic N) is 1. The van der Waals surface area contributed by atoms with Crippen molar-refractivity contribution in [2.45, 2.75) is 142 Å². The first-order chi connectivity index (χ1) is 14.7. The van der Waals surface area contributed by atoms with Crippen molar-refractivity contribution in [1.82, 2.24) is 10.2 Å². The van der Waals surface area contributed by atoms with Gasteiger partial charge in [-0.05, 0) is 32.1 Å². The van der Waals surface area contributed by atoms with Crippen molar-refractivity contribution in [2.75, 3.05) is 13.1 Å². The number of hydrogen-bond acceptors (Lipinski definition) is 2. The Hall–Kier alpha value is -1.06. The number of carbonyl (C=O) groups is 2. The summed E-state index contributed by atoms with van der Waals surface area (Å²) < 4.78 is 0. The molecular formula is C26H50N2O2. The number of carbonyl (C=O) groups excluding carboxylic acids is 2. The van der Waals surface area contributed by atoms with Crippen LogP contribution in [0.25, 0.3) is 0 Å².